The van der Waals surface area contributed by atoms with Gasteiger partial charge in [-0.05, 0) is 48.6 Å². The number of rotatable bonds is 5. The Labute approximate surface area is 172 Å². The zero-order valence-electron chi connectivity index (χ0n) is 14.9. The van der Waals surface area contributed by atoms with Crippen LogP contribution in [0.25, 0.3) is 6.08 Å². The van der Waals surface area contributed by atoms with Crippen LogP contribution in [0, 0.1) is 0 Å². The van der Waals surface area contributed by atoms with Crippen molar-refractivity contribution in [1.82, 2.24) is 14.8 Å². The van der Waals surface area contributed by atoms with Crippen molar-refractivity contribution >= 4 is 52.6 Å². The van der Waals surface area contributed by atoms with E-state index in [0.29, 0.717) is 21.8 Å². The first kappa shape index (κ1) is 19.7. The van der Waals surface area contributed by atoms with Gasteiger partial charge in [-0.15, -0.1) is 6.58 Å². The number of carbonyl (C=O) groups excluding carboxylic acids is 3. The summed E-state index contributed by atoms with van der Waals surface area (Å²) >= 11 is 10.9. The Morgan fingerprint density at radius 2 is 1.93 bits per heavy atom. The minimum absolute atomic E-state index is 0.0394. The topological polar surface area (TPSA) is 71.4 Å². The molecule has 0 aliphatic carbocycles. The number of carbonyl (C=O) groups is 3. The highest BCUT2D eigenvalue weighted by Crippen LogP contribution is 2.19. The molecule has 142 valence electrons. The molecule has 0 bridgehead atoms. The second kappa shape index (κ2) is 7.92. The summed E-state index contributed by atoms with van der Waals surface area (Å²) in [5.41, 5.74) is 1.38. The van der Waals surface area contributed by atoms with Gasteiger partial charge in [0, 0.05) is 41.6 Å². The van der Waals surface area contributed by atoms with E-state index in [-0.39, 0.29) is 23.0 Å². The number of nitrogens with one attached hydrogen (secondary N) is 1. The fraction of sp³-hybridized carbons (Fsp3) is 0.100. The molecule has 0 radical (unpaired) electrons. The van der Waals surface area contributed by atoms with Crippen LogP contribution in [-0.2, 0) is 16.6 Å². The Kier molecular flexibility index (Phi) is 5.58. The average Bonchev–Trinajstić information content (AvgIpc) is 3.02. The molecule has 2 amide bonds. The van der Waals surface area contributed by atoms with Gasteiger partial charge in [-0.2, -0.15) is 0 Å². The van der Waals surface area contributed by atoms with Crippen molar-refractivity contribution in [2.45, 2.75) is 0 Å². The molecular formula is C20H16ClN3O3S. The molecule has 1 saturated heterocycles. The van der Waals surface area contributed by atoms with Gasteiger partial charge in [0.05, 0.1) is 0 Å². The largest absolute Gasteiger partial charge is 0.350 e. The molecule has 8 heteroatoms. The Morgan fingerprint density at radius 3 is 2.57 bits per heavy atom. The molecule has 2 aromatic rings. The average molecular weight is 414 g/mol. The van der Waals surface area contributed by atoms with Gasteiger partial charge in [-0.25, -0.2) is 0 Å². The number of benzene rings is 1. The first-order valence-electron chi connectivity index (χ1n) is 8.28. The highest BCUT2D eigenvalue weighted by molar-refractivity contribution is 7.80. The van der Waals surface area contributed by atoms with Crippen LogP contribution in [0.3, 0.4) is 0 Å². The van der Waals surface area contributed by atoms with Crippen molar-refractivity contribution in [2.24, 2.45) is 7.05 Å². The quantitative estimate of drug-likeness (QED) is 0.269. The maximum atomic E-state index is 12.7. The van der Waals surface area contributed by atoms with E-state index in [9.17, 15) is 14.4 Å². The second-order valence-electron chi connectivity index (χ2n) is 6.12. The van der Waals surface area contributed by atoms with Crippen LogP contribution < -0.4 is 5.32 Å². The van der Waals surface area contributed by atoms with Crippen LogP contribution in [0.5, 0.6) is 0 Å². The van der Waals surface area contributed by atoms with Crippen LogP contribution in [0.4, 0.5) is 0 Å². The van der Waals surface area contributed by atoms with Gasteiger partial charge in [0.25, 0.3) is 11.8 Å². The van der Waals surface area contributed by atoms with Gasteiger partial charge in [0.2, 0.25) is 0 Å². The molecule has 0 spiro atoms. The van der Waals surface area contributed by atoms with Crippen molar-refractivity contribution < 1.29 is 14.4 Å². The normalized spacial score (nSPS) is 15.7. The summed E-state index contributed by atoms with van der Waals surface area (Å²) in [6.07, 6.45) is 4.60. The van der Waals surface area contributed by atoms with Crippen LogP contribution in [0.2, 0.25) is 5.02 Å². The SMILES string of the molecule is C=CCN1C(=O)/C(=C/c2cc(C(=O)c3ccc(Cl)cc3)cn2C)C(=O)NC1=S. The number of ketones is 1. The predicted molar refractivity (Wildman–Crippen MR) is 111 cm³/mol. The van der Waals surface area contributed by atoms with Crippen molar-refractivity contribution in [2.75, 3.05) is 6.54 Å². The summed E-state index contributed by atoms with van der Waals surface area (Å²) < 4.78 is 1.67. The summed E-state index contributed by atoms with van der Waals surface area (Å²) in [4.78, 5) is 38.8. The fourth-order valence-corrected chi connectivity index (χ4v) is 3.13. The molecule has 0 unspecified atom stereocenters. The number of nitrogens with zero attached hydrogens (tertiary/aromatic N) is 2. The third-order valence-electron chi connectivity index (χ3n) is 4.20. The third kappa shape index (κ3) is 3.81. The van der Waals surface area contributed by atoms with Crippen molar-refractivity contribution in [3.8, 4) is 0 Å². The molecule has 28 heavy (non-hydrogen) atoms. The number of hydrogen-bond donors (Lipinski definition) is 1. The molecule has 6 nitrogen and oxygen atoms in total. The van der Waals surface area contributed by atoms with Crippen LogP contribution in [-0.4, -0.2) is 38.7 Å². The molecule has 1 aliphatic heterocycles. The lowest BCUT2D eigenvalue weighted by atomic mass is 10.1. The standard InChI is InChI=1S/C20H16ClN3O3S/c1-3-8-24-19(27)16(18(26)22-20(24)28)10-15-9-13(11-23(15)2)17(25)12-4-6-14(21)7-5-12/h3-7,9-11H,1,8H2,2H3,(H,22,26,28)/b16-10+. The third-order valence-corrected chi connectivity index (χ3v) is 4.78. The number of aromatic nitrogens is 1. The lowest BCUT2D eigenvalue weighted by Crippen LogP contribution is -2.53. The Hall–Kier alpha value is -3.03. The van der Waals surface area contributed by atoms with Gasteiger partial charge >= 0.3 is 0 Å². The lowest BCUT2D eigenvalue weighted by molar-refractivity contribution is -0.128. The molecule has 3 rings (SSSR count). The summed E-state index contributed by atoms with van der Waals surface area (Å²) in [7, 11) is 1.72. The van der Waals surface area contributed by atoms with Gasteiger partial charge in [-0.3, -0.25) is 24.6 Å². The van der Waals surface area contributed by atoms with Crippen molar-refractivity contribution in [3.63, 3.8) is 0 Å². The molecule has 1 aromatic heterocycles. The maximum absolute atomic E-state index is 12.7. The van der Waals surface area contributed by atoms with Crippen LogP contribution >= 0.6 is 23.8 Å². The molecule has 1 aliphatic rings. The van der Waals surface area contributed by atoms with E-state index < -0.39 is 11.8 Å². The molecule has 2 heterocycles. The first-order chi connectivity index (χ1) is 13.3. The van der Waals surface area contributed by atoms with Crippen molar-refractivity contribution in [1.29, 1.82) is 0 Å². The predicted octanol–water partition coefficient (Wildman–Crippen LogP) is 2.72. The monoisotopic (exact) mass is 413 g/mol. The molecule has 1 N–H and O–H groups in total. The van der Waals surface area contributed by atoms with Gasteiger partial charge in [0.15, 0.2) is 10.9 Å². The lowest BCUT2D eigenvalue weighted by Gasteiger charge is -2.27. The fourth-order valence-electron chi connectivity index (χ4n) is 2.75. The maximum Gasteiger partial charge on any atom is 0.266 e. The van der Waals surface area contributed by atoms with Crippen molar-refractivity contribution in [3.05, 3.63) is 76.6 Å². The van der Waals surface area contributed by atoms with Gasteiger partial charge in [0.1, 0.15) is 5.57 Å². The summed E-state index contributed by atoms with van der Waals surface area (Å²) in [6, 6.07) is 8.19. The second-order valence-corrected chi connectivity index (χ2v) is 6.95. The van der Waals surface area contributed by atoms with E-state index in [1.165, 1.54) is 17.1 Å². The molecule has 0 atom stereocenters. The minimum atomic E-state index is -0.581. The van der Waals surface area contributed by atoms with Crippen LogP contribution in [0.15, 0.2) is 54.8 Å². The van der Waals surface area contributed by atoms with E-state index >= 15 is 0 Å². The number of halogens is 1. The van der Waals surface area contributed by atoms with Gasteiger partial charge < -0.3 is 4.57 Å². The molecular weight excluding hydrogens is 398 g/mol. The smallest absolute Gasteiger partial charge is 0.266 e. The number of hydrogen-bond acceptors (Lipinski definition) is 4. The molecule has 1 fully saturated rings. The Bertz CT molecular complexity index is 1040. The molecule has 1 aromatic carbocycles. The summed E-state index contributed by atoms with van der Waals surface area (Å²) in [5, 5.41) is 3.07. The molecule has 0 saturated carbocycles. The van der Waals surface area contributed by atoms with Crippen LogP contribution in [0.1, 0.15) is 21.6 Å². The van der Waals surface area contributed by atoms with E-state index in [0.717, 1.165) is 0 Å². The highest BCUT2D eigenvalue weighted by atomic mass is 35.5. The van der Waals surface area contributed by atoms with Gasteiger partial charge in [-0.1, -0.05) is 17.7 Å². The number of aryl methyl sites for hydroxylation is 1. The zero-order valence-corrected chi connectivity index (χ0v) is 16.5. The highest BCUT2D eigenvalue weighted by Gasteiger charge is 2.32. The number of amides is 2. The summed E-state index contributed by atoms with van der Waals surface area (Å²) in [6.45, 7) is 3.77. The van der Waals surface area contributed by atoms with E-state index in [4.69, 9.17) is 23.8 Å². The Morgan fingerprint density at radius 1 is 1.25 bits per heavy atom. The zero-order chi connectivity index (χ0) is 20.4. The number of thiocarbonyl (C=S) groups is 1. The van der Waals surface area contributed by atoms with E-state index in [1.54, 1.807) is 48.1 Å². The minimum Gasteiger partial charge on any atom is -0.350 e. The van der Waals surface area contributed by atoms with E-state index in [1.807, 2.05) is 0 Å². The Balaban J connectivity index is 1.94. The summed E-state index contributed by atoms with van der Waals surface area (Å²) in [5.74, 6) is -1.28. The first-order valence-corrected chi connectivity index (χ1v) is 9.07. The van der Waals surface area contributed by atoms with E-state index in [2.05, 4.69) is 11.9 Å².